The van der Waals surface area contributed by atoms with Crippen LogP contribution in [0.5, 0.6) is 5.75 Å². The number of carbonyl (C=O) groups excluding carboxylic acids is 2. The van der Waals surface area contributed by atoms with Gasteiger partial charge in [-0.2, -0.15) is 0 Å². The SMILES string of the molecule is COc1ccc(NC(=O)c2c(NC(=O)Cc3ccccc3)sc3c2CCC(C(C)(C)C)C3)cc1. The van der Waals surface area contributed by atoms with E-state index in [1.807, 2.05) is 54.6 Å². The first-order valence-corrected chi connectivity index (χ1v) is 12.5. The standard InChI is InChI=1S/C28H32N2O3S/c1-28(2,3)19-10-15-22-23(17-19)34-27(30-24(31)16-18-8-6-5-7-9-18)25(22)26(32)29-20-11-13-21(33-4)14-12-20/h5-9,11-14,19H,10,15-17H2,1-4H3,(H,29,32)(H,30,31). The molecule has 0 saturated carbocycles. The van der Waals surface area contributed by atoms with Crippen molar-refractivity contribution in [1.82, 2.24) is 0 Å². The van der Waals surface area contributed by atoms with Gasteiger partial charge in [-0.05, 0) is 66.0 Å². The van der Waals surface area contributed by atoms with Gasteiger partial charge in [-0.3, -0.25) is 9.59 Å². The Balaban J connectivity index is 1.61. The molecule has 2 N–H and O–H groups in total. The van der Waals surface area contributed by atoms with Gasteiger partial charge in [-0.1, -0.05) is 51.1 Å². The summed E-state index contributed by atoms with van der Waals surface area (Å²) in [5.41, 5.74) is 3.51. The smallest absolute Gasteiger partial charge is 0.258 e. The zero-order valence-corrected chi connectivity index (χ0v) is 21.1. The van der Waals surface area contributed by atoms with Crippen LogP contribution in [0.2, 0.25) is 0 Å². The van der Waals surface area contributed by atoms with Crippen LogP contribution in [0.15, 0.2) is 54.6 Å². The van der Waals surface area contributed by atoms with Gasteiger partial charge in [-0.25, -0.2) is 0 Å². The summed E-state index contributed by atoms with van der Waals surface area (Å²) in [7, 11) is 1.61. The molecule has 2 amide bonds. The second-order valence-electron chi connectivity index (χ2n) is 9.91. The Bertz CT molecular complexity index is 1160. The Kier molecular flexibility index (Phi) is 7.08. The lowest BCUT2D eigenvalue weighted by Gasteiger charge is -2.33. The monoisotopic (exact) mass is 476 g/mol. The van der Waals surface area contributed by atoms with Gasteiger partial charge in [0.05, 0.1) is 19.1 Å². The summed E-state index contributed by atoms with van der Waals surface area (Å²) in [5.74, 6) is 0.972. The van der Waals surface area contributed by atoms with E-state index in [1.165, 1.54) is 4.88 Å². The third-order valence-corrected chi connectivity index (χ3v) is 7.70. The minimum absolute atomic E-state index is 0.115. The molecule has 0 bridgehead atoms. The van der Waals surface area contributed by atoms with Crippen LogP contribution in [0.3, 0.4) is 0 Å². The molecule has 1 aromatic heterocycles. The molecule has 0 aliphatic heterocycles. The molecule has 3 aromatic rings. The maximum atomic E-state index is 13.5. The van der Waals surface area contributed by atoms with Crippen LogP contribution < -0.4 is 15.4 Å². The van der Waals surface area contributed by atoms with Crippen molar-refractivity contribution in [2.24, 2.45) is 11.3 Å². The van der Waals surface area contributed by atoms with Crippen molar-refractivity contribution >= 4 is 33.8 Å². The van der Waals surface area contributed by atoms with Crippen molar-refractivity contribution in [2.45, 2.75) is 46.5 Å². The summed E-state index contributed by atoms with van der Waals surface area (Å²) >= 11 is 1.55. The Labute approximate surface area is 205 Å². The molecule has 0 saturated heterocycles. The molecule has 1 aliphatic rings. The van der Waals surface area contributed by atoms with Gasteiger partial charge in [0.2, 0.25) is 5.91 Å². The summed E-state index contributed by atoms with van der Waals surface area (Å²) in [4.78, 5) is 27.5. The second kappa shape index (κ2) is 10.0. The molecule has 1 unspecified atom stereocenters. The first-order chi connectivity index (χ1) is 16.2. The lowest BCUT2D eigenvalue weighted by Crippen LogP contribution is -2.27. The highest BCUT2D eigenvalue weighted by atomic mass is 32.1. The van der Waals surface area contributed by atoms with E-state index in [2.05, 4.69) is 31.4 Å². The number of rotatable bonds is 6. The Morgan fingerprint density at radius 2 is 1.74 bits per heavy atom. The van der Waals surface area contributed by atoms with Crippen LogP contribution in [-0.2, 0) is 24.1 Å². The first-order valence-electron chi connectivity index (χ1n) is 11.7. The summed E-state index contributed by atoms with van der Waals surface area (Å²) in [6.07, 6.45) is 3.08. The van der Waals surface area contributed by atoms with E-state index >= 15 is 0 Å². The fourth-order valence-corrected chi connectivity index (χ4v) is 5.81. The predicted molar refractivity (Wildman–Crippen MR) is 139 cm³/mol. The third kappa shape index (κ3) is 5.50. The highest BCUT2D eigenvalue weighted by Crippen LogP contribution is 2.44. The minimum Gasteiger partial charge on any atom is -0.497 e. The summed E-state index contributed by atoms with van der Waals surface area (Å²) < 4.78 is 5.21. The molecule has 0 radical (unpaired) electrons. The molecule has 0 fully saturated rings. The largest absolute Gasteiger partial charge is 0.497 e. The molecule has 1 atom stereocenters. The summed E-state index contributed by atoms with van der Waals surface area (Å²) in [6, 6.07) is 16.9. The molecular weight excluding hydrogens is 444 g/mol. The molecule has 34 heavy (non-hydrogen) atoms. The Morgan fingerprint density at radius 3 is 2.38 bits per heavy atom. The summed E-state index contributed by atoms with van der Waals surface area (Å²) in [5, 5.41) is 6.71. The van der Waals surface area contributed by atoms with E-state index in [9.17, 15) is 9.59 Å². The fourth-order valence-electron chi connectivity index (χ4n) is 4.47. The highest BCUT2D eigenvalue weighted by Gasteiger charge is 2.34. The van der Waals surface area contributed by atoms with E-state index in [1.54, 1.807) is 18.4 Å². The number of benzene rings is 2. The van der Waals surface area contributed by atoms with Gasteiger partial charge in [0.25, 0.3) is 5.91 Å². The molecule has 5 nitrogen and oxygen atoms in total. The van der Waals surface area contributed by atoms with Crippen molar-refractivity contribution in [3.63, 3.8) is 0 Å². The van der Waals surface area contributed by atoms with Crippen LogP contribution in [0.1, 0.15) is 53.6 Å². The maximum absolute atomic E-state index is 13.5. The van der Waals surface area contributed by atoms with Crippen molar-refractivity contribution < 1.29 is 14.3 Å². The van der Waals surface area contributed by atoms with E-state index in [-0.39, 0.29) is 23.7 Å². The molecule has 6 heteroatoms. The topological polar surface area (TPSA) is 67.4 Å². The fraction of sp³-hybridized carbons (Fsp3) is 0.357. The average molecular weight is 477 g/mol. The molecular formula is C28H32N2O3S. The Hall–Kier alpha value is -3.12. The third-order valence-electron chi connectivity index (χ3n) is 6.53. The zero-order chi connectivity index (χ0) is 24.3. The maximum Gasteiger partial charge on any atom is 0.258 e. The number of ether oxygens (including phenoxy) is 1. The van der Waals surface area contributed by atoms with Crippen LogP contribution in [0, 0.1) is 11.3 Å². The van der Waals surface area contributed by atoms with Crippen molar-refractivity contribution in [2.75, 3.05) is 17.7 Å². The predicted octanol–water partition coefficient (Wildman–Crippen LogP) is 6.34. The molecule has 4 rings (SSSR count). The number of anilines is 2. The normalized spacial score (nSPS) is 15.4. The number of thiophene rings is 1. The van der Waals surface area contributed by atoms with Gasteiger partial charge in [-0.15, -0.1) is 11.3 Å². The van der Waals surface area contributed by atoms with Crippen molar-refractivity contribution in [3.8, 4) is 5.75 Å². The number of hydrogen-bond donors (Lipinski definition) is 2. The van der Waals surface area contributed by atoms with Crippen molar-refractivity contribution in [3.05, 3.63) is 76.2 Å². The van der Waals surface area contributed by atoms with Crippen molar-refractivity contribution in [1.29, 1.82) is 0 Å². The summed E-state index contributed by atoms with van der Waals surface area (Å²) in [6.45, 7) is 6.82. The number of fused-ring (bicyclic) bond motifs is 1. The van der Waals surface area contributed by atoms with Gasteiger partial charge in [0.1, 0.15) is 10.8 Å². The number of carbonyl (C=O) groups is 2. The van der Waals surface area contributed by atoms with Crippen LogP contribution >= 0.6 is 11.3 Å². The first kappa shape index (κ1) is 24.0. The van der Waals surface area contributed by atoms with Crippen LogP contribution in [0.4, 0.5) is 10.7 Å². The molecule has 1 aliphatic carbocycles. The quantitative estimate of drug-likeness (QED) is 0.436. The minimum atomic E-state index is -0.188. The van der Waals surface area contributed by atoms with Gasteiger partial charge in [0, 0.05) is 10.6 Å². The number of hydrogen-bond acceptors (Lipinski definition) is 4. The molecule has 1 heterocycles. The van der Waals surface area contributed by atoms with Gasteiger partial charge in [0.15, 0.2) is 0 Å². The lowest BCUT2D eigenvalue weighted by atomic mass is 9.72. The molecule has 178 valence electrons. The van der Waals surface area contributed by atoms with Crippen LogP contribution in [-0.4, -0.2) is 18.9 Å². The Morgan fingerprint density at radius 1 is 1.03 bits per heavy atom. The molecule has 2 aromatic carbocycles. The second-order valence-corrected chi connectivity index (χ2v) is 11.0. The molecule has 0 spiro atoms. The van der Waals surface area contributed by atoms with E-state index in [0.717, 1.165) is 36.1 Å². The number of methoxy groups -OCH3 is 1. The van der Waals surface area contributed by atoms with Gasteiger partial charge >= 0.3 is 0 Å². The van der Waals surface area contributed by atoms with E-state index in [0.29, 0.717) is 22.2 Å². The zero-order valence-electron chi connectivity index (χ0n) is 20.2. The van der Waals surface area contributed by atoms with E-state index < -0.39 is 0 Å². The highest BCUT2D eigenvalue weighted by molar-refractivity contribution is 7.17. The van der Waals surface area contributed by atoms with E-state index in [4.69, 9.17) is 4.74 Å². The van der Waals surface area contributed by atoms with Crippen LogP contribution in [0.25, 0.3) is 0 Å². The number of nitrogens with one attached hydrogen (secondary N) is 2. The lowest BCUT2D eigenvalue weighted by molar-refractivity contribution is -0.115. The average Bonchev–Trinajstić information content (AvgIpc) is 3.16. The number of amides is 2. The van der Waals surface area contributed by atoms with Gasteiger partial charge < -0.3 is 15.4 Å².